The Morgan fingerprint density at radius 2 is 2.21 bits per heavy atom. The summed E-state index contributed by atoms with van der Waals surface area (Å²) in [6.45, 7) is 5.89. The molecule has 2 unspecified atom stereocenters. The van der Waals surface area contributed by atoms with Gasteiger partial charge in [0.05, 0.1) is 0 Å². The van der Waals surface area contributed by atoms with Crippen molar-refractivity contribution in [2.24, 2.45) is 5.92 Å². The fraction of sp³-hybridized carbons (Fsp3) is 0.647. The highest BCUT2D eigenvalue weighted by Gasteiger charge is 2.49. The second kappa shape index (κ2) is 4.52. The molecule has 1 aliphatic heterocycles. The van der Waals surface area contributed by atoms with Crippen molar-refractivity contribution in [1.29, 1.82) is 0 Å². The predicted octanol–water partition coefficient (Wildman–Crippen LogP) is 3.33. The summed E-state index contributed by atoms with van der Waals surface area (Å²) >= 11 is 0. The highest BCUT2D eigenvalue weighted by Crippen LogP contribution is 2.51. The van der Waals surface area contributed by atoms with Crippen LogP contribution in [0.1, 0.15) is 44.2 Å². The molecular formula is C17H25NO. The first kappa shape index (κ1) is 13.0. The van der Waals surface area contributed by atoms with E-state index in [0.29, 0.717) is 17.7 Å². The number of phenolic OH excluding ortho intramolecular Hbond substituents is 1. The van der Waals surface area contributed by atoms with Gasteiger partial charge in [0.25, 0.3) is 0 Å². The minimum Gasteiger partial charge on any atom is -0.508 e. The number of fused-ring (bicyclic) bond motifs is 4. The maximum Gasteiger partial charge on any atom is 0.115 e. The molecule has 2 bridgehead atoms. The fourth-order valence-corrected chi connectivity index (χ4v) is 4.60. The molecule has 19 heavy (non-hydrogen) atoms. The highest BCUT2D eigenvalue weighted by molar-refractivity contribution is 5.44. The normalized spacial score (nSPS) is 34.1. The second-order valence-corrected chi connectivity index (χ2v) is 6.54. The van der Waals surface area contributed by atoms with E-state index in [1.165, 1.54) is 36.9 Å². The van der Waals surface area contributed by atoms with Gasteiger partial charge in [-0.15, -0.1) is 0 Å². The first-order valence-corrected chi connectivity index (χ1v) is 7.61. The lowest BCUT2D eigenvalue weighted by atomic mass is 9.56. The molecule has 1 aromatic carbocycles. The maximum absolute atomic E-state index is 9.90. The molecule has 1 aliphatic carbocycles. The molecule has 2 heteroatoms. The largest absolute Gasteiger partial charge is 0.508 e. The van der Waals surface area contributed by atoms with E-state index in [4.69, 9.17) is 0 Å². The molecule has 0 aromatic heterocycles. The number of rotatable bonds is 2. The van der Waals surface area contributed by atoms with Crippen LogP contribution in [0.4, 0.5) is 0 Å². The van der Waals surface area contributed by atoms with Gasteiger partial charge < -0.3 is 10.0 Å². The Kier molecular flexibility index (Phi) is 3.09. The topological polar surface area (TPSA) is 23.5 Å². The predicted molar refractivity (Wildman–Crippen MR) is 78.6 cm³/mol. The maximum atomic E-state index is 9.90. The van der Waals surface area contributed by atoms with E-state index in [0.717, 1.165) is 6.42 Å². The summed E-state index contributed by atoms with van der Waals surface area (Å²) in [5, 5.41) is 9.90. The van der Waals surface area contributed by atoms with Crippen molar-refractivity contribution in [3.05, 3.63) is 29.3 Å². The lowest BCUT2D eigenvalue weighted by molar-refractivity contribution is 0.0354. The van der Waals surface area contributed by atoms with Gasteiger partial charge in [-0.1, -0.05) is 26.3 Å². The zero-order valence-corrected chi connectivity index (χ0v) is 12.3. The van der Waals surface area contributed by atoms with Crippen molar-refractivity contribution in [2.45, 2.75) is 51.0 Å². The van der Waals surface area contributed by atoms with Crippen LogP contribution >= 0.6 is 0 Å². The van der Waals surface area contributed by atoms with Crippen molar-refractivity contribution >= 4 is 0 Å². The standard InChI is InChI=1S/C17H25NO/c1-4-7-17-8-9-18(3)16(12(17)2)10-13-5-6-14(19)11-15(13)17/h5-6,11-12,16,19H,4,7-10H2,1-3H3/t12-,16?,17?/m1/s1. The number of piperidine rings is 1. The lowest BCUT2D eigenvalue weighted by Crippen LogP contribution is -2.57. The third-order valence-corrected chi connectivity index (χ3v) is 5.68. The van der Waals surface area contributed by atoms with Crippen LogP contribution in [0.5, 0.6) is 5.75 Å². The zero-order chi connectivity index (χ0) is 13.6. The van der Waals surface area contributed by atoms with E-state index in [1.807, 2.05) is 12.1 Å². The number of hydrogen-bond acceptors (Lipinski definition) is 2. The average molecular weight is 259 g/mol. The minimum atomic E-state index is 0.290. The molecule has 1 aromatic rings. The van der Waals surface area contributed by atoms with Gasteiger partial charge in [0, 0.05) is 11.5 Å². The van der Waals surface area contributed by atoms with Gasteiger partial charge in [0.2, 0.25) is 0 Å². The number of nitrogens with zero attached hydrogens (tertiary/aromatic N) is 1. The average Bonchev–Trinajstić information content (AvgIpc) is 2.38. The summed E-state index contributed by atoms with van der Waals surface area (Å²) in [6.07, 6.45) is 4.83. The van der Waals surface area contributed by atoms with Crippen LogP contribution in [0.15, 0.2) is 18.2 Å². The Balaban J connectivity index is 2.15. The molecule has 0 saturated carbocycles. The number of phenols is 1. The van der Waals surface area contributed by atoms with Gasteiger partial charge in [-0.25, -0.2) is 0 Å². The van der Waals surface area contributed by atoms with E-state index in [2.05, 4.69) is 31.9 Å². The Hall–Kier alpha value is -1.02. The van der Waals surface area contributed by atoms with E-state index >= 15 is 0 Å². The molecular weight excluding hydrogens is 234 g/mol. The van der Waals surface area contributed by atoms with Crippen LogP contribution in [0.2, 0.25) is 0 Å². The second-order valence-electron chi connectivity index (χ2n) is 6.54. The van der Waals surface area contributed by atoms with Crippen LogP contribution in [0.25, 0.3) is 0 Å². The molecule has 0 spiro atoms. The number of likely N-dealkylation sites (N-methyl/N-ethyl adjacent to an activating group) is 1. The molecule has 3 rings (SSSR count). The van der Waals surface area contributed by atoms with E-state index in [9.17, 15) is 5.11 Å². The summed E-state index contributed by atoms with van der Waals surface area (Å²) in [5.41, 5.74) is 3.19. The SMILES string of the molecule is CCCC12CCN(C)C(Cc3ccc(O)cc31)[C@H]2C. The first-order chi connectivity index (χ1) is 9.08. The summed E-state index contributed by atoms with van der Waals surface area (Å²) in [5.74, 6) is 1.11. The zero-order valence-electron chi connectivity index (χ0n) is 12.3. The van der Waals surface area contributed by atoms with Crippen LogP contribution in [0, 0.1) is 5.92 Å². The Labute approximate surface area is 116 Å². The van der Waals surface area contributed by atoms with Crippen molar-refractivity contribution in [3.8, 4) is 5.75 Å². The summed E-state index contributed by atoms with van der Waals surface area (Å²) in [6, 6.07) is 6.71. The molecule has 2 nitrogen and oxygen atoms in total. The van der Waals surface area contributed by atoms with Gasteiger partial charge in [-0.2, -0.15) is 0 Å². The molecule has 1 fully saturated rings. The van der Waals surface area contributed by atoms with Gasteiger partial charge in [0.15, 0.2) is 0 Å². The molecule has 1 saturated heterocycles. The van der Waals surface area contributed by atoms with Crippen molar-refractivity contribution < 1.29 is 5.11 Å². The monoisotopic (exact) mass is 259 g/mol. The van der Waals surface area contributed by atoms with Crippen LogP contribution in [0.3, 0.4) is 0 Å². The smallest absolute Gasteiger partial charge is 0.115 e. The number of likely N-dealkylation sites (tertiary alicyclic amines) is 1. The molecule has 2 aliphatic rings. The van der Waals surface area contributed by atoms with Crippen molar-refractivity contribution in [2.75, 3.05) is 13.6 Å². The van der Waals surface area contributed by atoms with E-state index in [-0.39, 0.29) is 5.41 Å². The van der Waals surface area contributed by atoms with Gasteiger partial charge in [0.1, 0.15) is 5.75 Å². The van der Waals surface area contributed by atoms with Gasteiger partial charge >= 0.3 is 0 Å². The molecule has 0 amide bonds. The molecule has 3 atom stereocenters. The number of hydrogen-bond donors (Lipinski definition) is 1. The number of aromatic hydroxyl groups is 1. The third-order valence-electron chi connectivity index (χ3n) is 5.68. The van der Waals surface area contributed by atoms with E-state index in [1.54, 1.807) is 0 Å². The van der Waals surface area contributed by atoms with Gasteiger partial charge in [-0.05, 0) is 62.0 Å². The third kappa shape index (κ3) is 1.80. The van der Waals surface area contributed by atoms with E-state index < -0.39 is 0 Å². The van der Waals surface area contributed by atoms with Crippen LogP contribution in [-0.4, -0.2) is 29.6 Å². The minimum absolute atomic E-state index is 0.290. The first-order valence-electron chi connectivity index (χ1n) is 7.61. The highest BCUT2D eigenvalue weighted by atomic mass is 16.3. The molecule has 1 heterocycles. The molecule has 0 radical (unpaired) electrons. The van der Waals surface area contributed by atoms with Crippen LogP contribution < -0.4 is 0 Å². The summed E-state index contributed by atoms with van der Waals surface area (Å²) in [4.78, 5) is 2.54. The van der Waals surface area contributed by atoms with Crippen LogP contribution in [-0.2, 0) is 11.8 Å². The van der Waals surface area contributed by atoms with Crippen molar-refractivity contribution in [1.82, 2.24) is 4.90 Å². The molecule has 104 valence electrons. The molecule has 1 N–H and O–H groups in total. The van der Waals surface area contributed by atoms with Crippen molar-refractivity contribution in [3.63, 3.8) is 0 Å². The van der Waals surface area contributed by atoms with Gasteiger partial charge in [-0.3, -0.25) is 0 Å². The quantitative estimate of drug-likeness (QED) is 0.880. The Bertz CT molecular complexity index is 484. The lowest BCUT2D eigenvalue weighted by Gasteiger charge is -2.55. The number of benzene rings is 1. The fourth-order valence-electron chi connectivity index (χ4n) is 4.60. The summed E-state index contributed by atoms with van der Waals surface area (Å²) < 4.78 is 0. The Morgan fingerprint density at radius 3 is 2.95 bits per heavy atom. The summed E-state index contributed by atoms with van der Waals surface area (Å²) in [7, 11) is 2.27. The Morgan fingerprint density at radius 1 is 1.42 bits per heavy atom.